The Morgan fingerprint density at radius 1 is 1.36 bits per heavy atom. The molecule has 22 heavy (non-hydrogen) atoms. The lowest BCUT2D eigenvalue weighted by Gasteiger charge is -2.05. The molecule has 0 aliphatic heterocycles. The highest BCUT2D eigenvalue weighted by molar-refractivity contribution is 7.99. The number of carbonyl (C=O) groups excluding carboxylic acids is 2. The van der Waals surface area contributed by atoms with E-state index in [-0.39, 0.29) is 18.2 Å². The lowest BCUT2D eigenvalue weighted by atomic mass is 10.3. The molecule has 1 heterocycles. The lowest BCUT2D eigenvalue weighted by Crippen LogP contribution is -2.31. The summed E-state index contributed by atoms with van der Waals surface area (Å²) in [5.41, 5.74) is 0.729. The fraction of sp³-hybridized carbons (Fsp3) is 0.250. The molecule has 1 N–H and O–H groups in total. The maximum atomic E-state index is 11.6. The summed E-state index contributed by atoms with van der Waals surface area (Å²) < 4.78 is 5.92. The maximum Gasteiger partial charge on any atom is 0.325 e. The largest absolute Gasteiger partial charge is 0.468 e. The number of nitrogens with zero attached hydrogens (tertiary/aromatic N) is 4. The Balaban J connectivity index is 1.94. The van der Waals surface area contributed by atoms with Crippen LogP contribution in [0.15, 0.2) is 29.4 Å². The number of hydrogen-bond donors (Lipinski definition) is 1. The van der Waals surface area contributed by atoms with Crippen LogP contribution in [0.1, 0.15) is 0 Å². The summed E-state index contributed by atoms with van der Waals surface area (Å²) in [6.07, 6.45) is 0. The number of tetrazole rings is 1. The van der Waals surface area contributed by atoms with E-state index >= 15 is 0 Å². The first-order valence-corrected chi connectivity index (χ1v) is 7.47. The van der Waals surface area contributed by atoms with E-state index in [1.807, 2.05) is 0 Å². The van der Waals surface area contributed by atoms with Gasteiger partial charge < -0.3 is 10.1 Å². The normalized spacial score (nSPS) is 10.3. The van der Waals surface area contributed by atoms with Crippen molar-refractivity contribution in [2.45, 2.75) is 5.16 Å². The number of benzene rings is 1. The Bertz CT molecular complexity index is 661. The van der Waals surface area contributed by atoms with Gasteiger partial charge >= 0.3 is 5.97 Å². The first-order chi connectivity index (χ1) is 10.6. The molecule has 0 saturated carbocycles. The van der Waals surface area contributed by atoms with Crippen LogP contribution < -0.4 is 5.32 Å². The van der Waals surface area contributed by atoms with Gasteiger partial charge in [-0.25, -0.2) is 0 Å². The second kappa shape index (κ2) is 7.76. The molecule has 1 aromatic carbocycles. The van der Waals surface area contributed by atoms with Gasteiger partial charge in [0.2, 0.25) is 11.1 Å². The van der Waals surface area contributed by atoms with Gasteiger partial charge in [-0.2, -0.15) is 4.68 Å². The van der Waals surface area contributed by atoms with Crippen molar-refractivity contribution in [1.82, 2.24) is 25.5 Å². The van der Waals surface area contributed by atoms with Gasteiger partial charge in [0.25, 0.3) is 0 Å². The third-order valence-corrected chi connectivity index (χ3v) is 3.67. The molecular formula is C12H12ClN5O3S. The van der Waals surface area contributed by atoms with Crippen molar-refractivity contribution < 1.29 is 14.3 Å². The van der Waals surface area contributed by atoms with Crippen LogP contribution in [0.2, 0.25) is 5.02 Å². The van der Waals surface area contributed by atoms with E-state index in [9.17, 15) is 9.59 Å². The van der Waals surface area contributed by atoms with E-state index < -0.39 is 5.97 Å². The molecule has 1 aromatic heterocycles. The van der Waals surface area contributed by atoms with E-state index in [2.05, 4.69) is 25.6 Å². The number of esters is 1. The predicted molar refractivity (Wildman–Crippen MR) is 79.9 cm³/mol. The number of halogens is 1. The molecule has 116 valence electrons. The van der Waals surface area contributed by atoms with Crippen molar-refractivity contribution in [2.24, 2.45) is 0 Å². The maximum absolute atomic E-state index is 11.6. The molecule has 0 aliphatic rings. The van der Waals surface area contributed by atoms with Gasteiger partial charge in [0.1, 0.15) is 6.54 Å². The van der Waals surface area contributed by atoms with Crippen molar-refractivity contribution in [3.8, 4) is 5.69 Å². The number of ether oxygens (including phenoxy) is 1. The van der Waals surface area contributed by atoms with E-state index in [0.29, 0.717) is 10.2 Å². The summed E-state index contributed by atoms with van der Waals surface area (Å²) in [5, 5.41) is 14.8. The van der Waals surface area contributed by atoms with Crippen LogP contribution in [0.25, 0.3) is 5.69 Å². The van der Waals surface area contributed by atoms with Gasteiger partial charge in [-0.1, -0.05) is 23.4 Å². The topological polar surface area (TPSA) is 99.0 Å². The Labute approximate surface area is 135 Å². The highest BCUT2D eigenvalue weighted by Crippen LogP contribution is 2.19. The Kier molecular flexibility index (Phi) is 5.73. The summed E-state index contributed by atoms with van der Waals surface area (Å²) in [6, 6.07) is 6.96. The second-order valence-electron chi connectivity index (χ2n) is 3.99. The van der Waals surface area contributed by atoms with Crippen LogP contribution in [-0.2, 0) is 14.3 Å². The summed E-state index contributed by atoms with van der Waals surface area (Å²) >= 11 is 6.98. The molecule has 0 atom stereocenters. The zero-order valence-corrected chi connectivity index (χ0v) is 13.1. The first-order valence-electron chi connectivity index (χ1n) is 6.11. The van der Waals surface area contributed by atoms with Crippen LogP contribution in [0.4, 0.5) is 0 Å². The van der Waals surface area contributed by atoms with Gasteiger partial charge in [0.05, 0.1) is 18.6 Å². The van der Waals surface area contributed by atoms with Crippen LogP contribution in [0, 0.1) is 0 Å². The first kappa shape index (κ1) is 16.2. The summed E-state index contributed by atoms with van der Waals surface area (Å²) in [5.74, 6) is -0.754. The van der Waals surface area contributed by atoms with Crippen LogP contribution in [0.5, 0.6) is 0 Å². The fourth-order valence-electron chi connectivity index (χ4n) is 1.44. The molecule has 0 saturated heterocycles. The average Bonchev–Trinajstić information content (AvgIpc) is 2.99. The number of aromatic nitrogens is 4. The van der Waals surface area contributed by atoms with Crippen molar-refractivity contribution in [2.75, 3.05) is 19.4 Å². The third-order valence-electron chi connectivity index (χ3n) is 2.50. The third kappa shape index (κ3) is 4.43. The SMILES string of the molecule is COC(=O)CNC(=O)CSc1nnnn1-c1ccc(Cl)cc1. The van der Waals surface area contributed by atoms with Crippen molar-refractivity contribution in [1.29, 1.82) is 0 Å². The van der Waals surface area contributed by atoms with E-state index in [1.54, 1.807) is 24.3 Å². The Morgan fingerprint density at radius 3 is 2.77 bits per heavy atom. The minimum Gasteiger partial charge on any atom is -0.468 e. The smallest absolute Gasteiger partial charge is 0.325 e. The number of rotatable bonds is 6. The predicted octanol–water partition coefficient (Wildman–Crippen LogP) is 0.697. The molecule has 0 aliphatic carbocycles. The van der Waals surface area contributed by atoms with Crippen molar-refractivity contribution in [3.05, 3.63) is 29.3 Å². The molecule has 0 radical (unpaired) electrons. The molecule has 2 rings (SSSR count). The van der Waals surface area contributed by atoms with Gasteiger partial charge in [-0.3, -0.25) is 9.59 Å². The number of methoxy groups -OCH3 is 1. The van der Waals surface area contributed by atoms with Gasteiger partial charge in [0.15, 0.2) is 0 Å². The van der Waals surface area contributed by atoms with Gasteiger partial charge in [0, 0.05) is 5.02 Å². The molecule has 10 heteroatoms. The molecular weight excluding hydrogens is 330 g/mol. The van der Waals surface area contributed by atoms with Crippen LogP contribution in [-0.4, -0.2) is 51.5 Å². The molecule has 8 nitrogen and oxygen atoms in total. The lowest BCUT2D eigenvalue weighted by molar-refractivity contribution is -0.140. The van der Waals surface area contributed by atoms with Gasteiger partial charge in [-0.15, -0.1) is 5.10 Å². The molecule has 0 spiro atoms. The summed E-state index contributed by atoms with van der Waals surface area (Å²) in [4.78, 5) is 22.5. The molecule has 1 amide bonds. The Hall–Kier alpha value is -2.13. The second-order valence-corrected chi connectivity index (χ2v) is 5.37. The highest BCUT2D eigenvalue weighted by atomic mass is 35.5. The van der Waals surface area contributed by atoms with Gasteiger partial charge in [-0.05, 0) is 34.7 Å². The average molecular weight is 342 g/mol. The number of amides is 1. The van der Waals surface area contributed by atoms with Crippen LogP contribution in [0.3, 0.4) is 0 Å². The molecule has 0 unspecified atom stereocenters. The minimum absolute atomic E-state index is 0.0744. The molecule has 2 aromatic rings. The number of thioether (sulfide) groups is 1. The number of hydrogen-bond acceptors (Lipinski definition) is 7. The Morgan fingerprint density at radius 2 is 2.09 bits per heavy atom. The van der Waals surface area contributed by atoms with E-state index in [0.717, 1.165) is 17.4 Å². The fourth-order valence-corrected chi connectivity index (χ4v) is 2.28. The van der Waals surface area contributed by atoms with Crippen LogP contribution >= 0.6 is 23.4 Å². The zero-order chi connectivity index (χ0) is 15.9. The number of carbonyl (C=O) groups is 2. The molecule has 0 bridgehead atoms. The monoisotopic (exact) mass is 341 g/mol. The summed E-state index contributed by atoms with van der Waals surface area (Å²) in [6.45, 7) is -0.169. The minimum atomic E-state index is -0.510. The highest BCUT2D eigenvalue weighted by Gasteiger charge is 2.12. The number of nitrogens with one attached hydrogen (secondary N) is 1. The summed E-state index contributed by atoms with van der Waals surface area (Å²) in [7, 11) is 1.25. The molecule has 0 fully saturated rings. The van der Waals surface area contributed by atoms with E-state index in [4.69, 9.17) is 11.6 Å². The quantitative estimate of drug-likeness (QED) is 0.609. The van der Waals surface area contributed by atoms with E-state index in [1.165, 1.54) is 11.8 Å². The van der Waals surface area contributed by atoms with Crippen molar-refractivity contribution in [3.63, 3.8) is 0 Å². The standard InChI is InChI=1S/C12H12ClN5O3S/c1-21-11(20)6-14-10(19)7-22-12-15-16-17-18(12)9-4-2-8(13)3-5-9/h2-5H,6-7H2,1H3,(H,14,19). The van der Waals surface area contributed by atoms with Crippen molar-refractivity contribution >= 4 is 35.2 Å². The zero-order valence-electron chi connectivity index (χ0n) is 11.5.